The van der Waals surface area contributed by atoms with Crippen LogP contribution in [0.3, 0.4) is 0 Å². The molecule has 0 saturated heterocycles. The van der Waals surface area contributed by atoms with Gasteiger partial charge in [0.05, 0.1) is 0 Å². The Morgan fingerprint density at radius 3 is 1.64 bits per heavy atom. The van der Waals surface area contributed by atoms with E-state index in [-0.39, 0.29) is 0 Å². The summed E-state index contributed by atoms with van der Waals surface area (Å²) in [5.41, 5.74) is 4.27. The van der Waals surface area contributed by atoms with Gasteiger partial charge in [0.25, 0.3) is 0 Å². The molecule has 0 amide bonds. The molecule has 4 rings (SSSR count). The summed E-state index contributed by atoms with van der Waals surface area (Å²) in [5.74, 6) is 2.85. The number of nitrogens with zero attached hydrogens (tertiary/aromatic N) is 4. The molecule has 1 N–H and O–H groups in total. The standard InChI is InChI=1S/C20H17N5/c1-13-7-9-21-17(11-13)23-19-15-5-3-4-6-16(15)20(25-19)24-18-12-14(2)8-10-22-18/h3-12H,1-2H3,(H,21,22,23,24,25). The summed E-state index contributed by atoms with van der Waals surface area (Å²) in [6.45, 7) is 4.05. The Balaban J connectivity index is 1.78. The smallest absolute Gasteiger partial charge is 0.154 e. The van der Waals surface area contributed by atoms with E-state index in [1.54, 1.807) is 12.4 Å². The van der Waals surface area contributed by atoms with E-state index >= 15 is 0 Å². The van der Waals surface area contributed by atoms with Crippen molar-refractivity contribution < 1.29 is 0 Å². The lowest BCUT2D eigenvalue weighted by atomic mass is 10.1. The first-order valence-corrected chi connectivity index (χ1v) is 8.08. The van der Waals surface area contributed by atoms with Crippen molar-refractivity contribution in [1.82, 2.24) is 15.3 Å². The Morgan fingerprint density at radius 1 is 0.720 bits per heavy atom. The zero-order valence-corrected chi connectivity index (χ0v) is 14.1. The first-order chi connectivity index (χ1) is 12.2. The second-order valence-electron chi connectivity index (χ2n) is 5.97. The predicted molar refractivity (Wildman–Crippen MR) is 99.9 cm³/mol. The summed E-state index contributed by atoms with van der Waals surface area (Å²) >= 11 is 0. The SMILES string of the molecule is Cc1ccnc(/N=C2\N/C(=N\c3cc(C)ccn3)c3ccccc32)c1. The molecule has 1 aliphatic heterocycles. The molecule has 25 heavy (non-hydrogen) atoms. The van der Waals surface area contributed by atoms with Gasteiger partial charge in [-0.3, -0.25) is 0 Å². The van der Waals surface area contributed by atoms with Gasteiger partial charge in [0.1, 0.15) is 11.7 Å². The molecule has 0 unspecified atom stereocenters. The number of rotatable bonds is 2. The molecule has 0 bridgehead atoms. The zero-order chi connectivity index (χ0) is 17.2. The van der Waals surface area contributed by atoms with Gasteiger partial charge in [-0.2, -0.15) is 0 Å². The first kappa shape index (κ1) is 15.2. The fourth-order valence-electron chi connectivity index (χ4n) is 2.71. The Morgan fingerprint density at radius 2 is 1.20 bits per heavy atom. The fourth-order valence-corrected chi connectivity index (χ4v) is 2.71. The monoisotopic (exact) mass is 327 g/mol. The fraction of sp³-hybridized carbons (Fsp3) is 0.100. The Hall–Kier alpha value is -3.34. The van der Waals surface area contributed by atoms with E-state index < -0.39 is 0 Å². The zero-order valence-electron chi connectivity index (χ0n) is 14.1. The molecule has 3 aromatic rings. The highest BCUT2D eigenvalue weighted by atomic mass is 15.1. The maximum absolute atomic E-state index is 4.66. The minimum atomic E-state index is 0.673. The third-order valence-corrected chi connectivity index (χ3v) is 3.93. The average molecular weight is 327 g/mol. The van der Waals surface area contributed by atoms with Gasteiger partial charge in [-0.25, -0.2) is 20.0 Å². The summed E-state index contributed by atoms with van der Waals surface area (Å²) in [7, 11) is 0. The highest BCUT2D eigenvalue weighted by Crippen LogP contribution is 2.21. The molecular weight excluding hydrogens is 310 g/mol. The number of fused-ring (bicyclic) bond motifs is 1. The maximum Gasteiger partial charge on any atom is 0.154 e. The van der Waals surface area contributed by atoms with Gasteiger partial charge in [-0.1, -0.05) is 24.3 Å². The van der Waals surface area contributed by atoms with E-state index in [4.69, 9.17) is 0 Å². The second-order valence-corrected chi connectivity index (χ2v) is 5.97. The van der Waals surface area contributed by atoms with Crippen molar-refractivity contribution >= 4 is 23.3 Å². The third-order valence-electron chi connectivity index (χ3n) is 3.93. The van der Waals surface area contributed by atoms with Gasteiger partial charge < -0.3 is 5.32 Å². The molecule has 0 aliphatic carbocycles. The van der Waals surface area contributed by atoms with Crippen molar-refractivity contribution in [2.24, 2.45) is 9.98 Å². The molecule has 0 saturated carbocycles. The first-order valence-electron chi connectivity index (χ1n) is 8.08. The van der Waals surface area contributed by atoms with Crippen LogP contribution in [0.25, 0.3) is 0 Å². The van der Waals surface area contributed by atoms with Gasteiger partial charge in [0.15, 0.2) is 11.6 Å². The van der Waals surface area contributed by atoms with E-state index in [2.05, 4.69) is 25.3 Å². The molecule has 0 spiro atoms. The van der Waals surface area contributed by atoms with Crippen LogP contribution < -0.4 is 5.32 Å². The van der Waals surface area contributed by atoms with Crippen LogP contribution in [0.2, 0.25) is 0 Å². The Kier molecular flexibility index (Phi) is 3.82. The Labute approximate surface area is 146 Å². The number of hydrogen-bond donors (Lipinski definition) is 1. The van der Waals surface area contributed by atoms with Crippen molar-refractivity contribution in [1.29, 1.82) is 0 Å². The van der Waals surface area contributed by atoms with Crippen molar-refractivity contribution in [2.75, 3.05) is 0 Å². The number of hydrogen-bond acceptors (Lipinski definition) is 4. The number of benzene rings is 1. The van der Waals surface area contributed by atoms with E-state index in [1.807, 2.05) is 62.4 Å². The van der Waals surface area contributed by atoms with E-state index in [1.165, 1.54) is 0 Å². The van der Waals surface area contributed by atoms with E-state index in [0.717, 1.165) is 33.9 Å². The number of amidine groups is 2. The lowest BCUT2D eigenvalue weighted by Crippen LogP contribution is -2.22. The number of nitrogens with one attached hydrogen (secondary N) is 1. The molecule has 0 fully saturated rings. The largest absolute Gasteiger partial charge is 0.324 e. The molecule has 5 nitrogen and oxygen atoms in total. The topological polar surface area (TPSA) is 62.5 Å². The molecule has 2 aromatic heterocycles. The van der Waals surface area contributed by atoms with E-state index in [0.29, 0.717) is 11.6 Å². The van der Waals surface area contributed by atoms with Crippen LogP contribution in [0.5, 0.6) is 0 Å². The second kappa shape index (κ2) is 6.28. The molecule has 0 radical (unpaired) electrons. The lowest BCUT2D eigenvalue weighted by Gasteiger charge is -2.01. The van der Waals surface area contributed by atoms with Gasteiger partial charge >= 0.3 is 0 Å². The molecule has 0 atom stereocenters. The molecule has 3 heterocycles. The number of aryl methyl sites for hydroxylation is 2. The normalized spacial score (nSPS) is 16.1. The number of aliphatic imine (C=N–C) groups is 2. The molecule has 1 aliphatic rings. The summed E-state index contributed by atoms with van der Waals surface area (Å²) in [6, 6.07) is 15.9. The van der Waals surface area contributed by atoms with Crippen molar-refractivity contribution in [3.8, 4) is 0 Å². The summed E-state index contributed by atoms with van der Waals surface area (Å²) in [5, 5.41) is 3.31. The highest BCUT2D eigenvalue weighted by molar-refractivity contribution is 6.26. The van der Waals surface area contributed by atoms with Crippen LogP contribution in [-0.4, -0.2) is 21.6 Å². The molecule has 122 valence electrons. The Bertz CT molecular complexity index is 924. The average Bonchev–Trinajstić information content (AvgIpc) is 2.93. The summed E-state index contributed by atoms with van der Waals surface area (Å²) < 4.78 is 0. The van der Waals surface area contributed by atoms with Crippen LogP contribution in [0.1, 0.15) is 22.3 Å². The number of pyridine rings is 2. The van der Waals surface area contributed by atoms with Gasteiger partial charge in [-0.05, 0) is 49.2 Å². The van der Waals surface area contributed by atoms with Crippen molar-refractivity contribution in [3.63, 3.8) is 0 Å². The van der Waals surface area contributed by atoms with Gasteiger partial charge in [0, 0.05) is 23.5 Å². The highest BCUT2D eigenvalue weighted by Gasteiger charge is 2.23. The maximum atomic E-state index is 4.66. The van der Waals surface area contributed by atoms with Gasteiger partial charge in [0.2, 0.25) is 0 Å². The third kappa shape index (κ3) is 3.17. The van der Waals surface area contributed by atoms with Crippen LogP contribution in [0.4, 0.5) is 11.6 Å². The summed E-state index contributed by atoms with van der Waals surface area (Å²) in [4.78, 5) is 18.0. The number of aromatic nitrogens is 2. The lowest BCUT2D eigenvalue weighted by molar-refractivity contribution is 1.21. The van der Waals surface area contributed by atoms with Crippen LogP contribution >= 0.6 is 0 Å². The quantitative estimate of drug-likeness (QED) is 0.777. The van der Waals surface area contributed by atoms with Crippen molar-refractivity contribution in [3.05, 3.63) is 83.2 Å². The minimum Gasteiger partial charge on any atom is -0.324 e. The van der Waals surface area contributed by atoms with Crippen LogP contribution in [0.15, 0.2) is 70.9 Å². The predicted octanol–water partition coefficient (Wildman–Crippen LogP) is 3.85. The minimum absolute atomic E-state index is 0.673. The molecule has 5 heteroatoms. The summed E-state index contributed by atoms with van der Waals surface area (Å²) in [6.07, 6.45) is 3.53. The van der Waals surface area contributed by atoms with Crippen LogP contribution in [-0.2, 0) is 0 Å². The molecule has 1 aromatic carbocycles. The molecular formula is C20H17N5. The van der Waals surface area contributed by atoms with Crippen LogP contribution in [0, 0.1) is 13.8 Å². The van der Waals surface area contributed by atoms with Gasteiger partial charge in [-0.15, -0.1) is 0 Å². The van der Waals surface area contributed by atoms with Crippen molar-refractivity contribution in [2.45, 2.75) is 13.8 Å². The van der Waals surface area contributed by atoms with E-state index in [9.17, 15) is 0 Å².